The first kappa shape index (κ1) is 15.6. The van der Waals surface area contributed by atoms with Crippen LogP contribution in [-0.2, 0) is 4.79 Å². The third kappa shape index (κ3) is 10.2. The second-order valence-electron chi connectivity index (χ2n) is 5.31. The Bertz CT molecular complexity index is 166. The highest BCUT2D eigenvalue weighted by Gasteiger charge is 2.06. The minimum absolute atomic E-state index is 0.158. The van der Waals surface area contributed by atoms with Gasteiger partial charge >= 0.3 is 0 Å². The first-order valence-corrected chi connectivity index (χ1v) is 6.68. The normalized spacial score (nSPS) is 16.8. The predicted molar refractivity (Wildman–Crippen MR) is 68.4 cm³/mol. The number of rotatable bonds is 10. The van der Waals surface area contributed by atoms with Gasteiger partial charge in [-0.3, -0.25) is 0 Å². The van der Waals surface area contributed by atoms with Crippen molar-refractivity contribution < 1.29 is 9.90 Å². The first-order valence-electron chi connectivity index (χ1n) is 6.68. The summed E-state index contributed by atoms with van der Waals surface area (Å²) in [5.74, 6) is 1.39. The fourth-order valence-corrected chi connectivity index (χ4v) is 1.98. The van der Waals surface area contributed by atoms with Gasteiger partial charge in [-0.15, -0.1) is 0 Å². The Morgan fingerprint density at radius 1 is 0.938 bits per heavy atom. The van der Waals surface area contributed by atoms with Gasteiger partial charge < -0.3 is 9.90 Å². The summed E-state index contributed by atoms with van der Waals surface area (Å²) in [6, 6.07) is 0. The van der Waals surface area contributed by atoms with Gasteiger partial charge in [-0.2, -0.15) is 0 Å². The lowest BCUT2D eigenvalue weighted by Gasteiger charge is -2.14. The summed E-state index contributed by atoms with van der Waals surface area (Å²) < 4.78 is 0. The molecule has 0 aromatic heterocycles. The molecule has 1 N–H and O–H groups in total. The van der Waals surface area contributed by atoms with Crippen LogP contribution >= 0.6 is 0 Å². The summed E-state index contributed by atoms with van der Waals surface area (Å²) in [4.78, 5) is 10.2. The van der Waals surface area contributed by atoms with E-state index in [1.165, 1.54) is 19.3 Å². The third-order valence-electron chi connectivity index (χ3n) is 3.25. The van der Waals surface area contributed by atoms with Crippen LogP contribution in [0, 0.1) is 11.8 Å². The Labute approximate surface area is 100 Å². The predicted octanol–water partition coefficient (Wildman–Crippen LogP) is 3.57. The maximum atomic E-state index is 10.2. The van der Waals surface area contributed by atoms with Crippen molar-refractivity contribution in [3.63, 3.8) is 0 Å². The second-order valence-corrected chi connectivity index (χ2v) is 5.31. The van der Waals surface area contributed by atoms with Gasteiger partial charge in [0.1, 0.15) is 6.29 Å². The Morgan fingerprint density at radius 2 is 1.50 bits per heavy atom. The van der Waals surface area contributed by atoms with Gasteiger partial charge in [-0.05, 0) is 38.0 Å². The lowest BCUT2D eigenvalue weighted by Crippen LogP contribution is -2.04. The number of hydrogen-bond donors (Lipinski definition) is 1. The van der Waals surface area contributed by atoms with Crippen molar-refractivity contribution in [3.05, 3.63) is 0 Å². The summed E-state index contributed by atoms with van der Waals surface area (Å²) in [5.41, 5.74) is 0. The van der Waals surface area contributed by atoms with Crippen LogP contribution in [0.5, 0.6) is 0 Å². The molecule has 0 amide bonds. The zero-order valence-electron chi connectivity index (χ0n) is 11.1. The summed E-state index contributed by atoms with van der Waals surface area (Å²) in [7, 11) is 0. The zero-order valence-corrected chi connectivity index (χ0v) is 11.1. The smallest absolute Gasteiger partial charge is 0.120 e. The molecule has 96 valence electrons. The van der Waals surface area contributed by atoms with Crippen molar-refractivity contribution in [2.24, 2.45) is 11.8 Å². The van der Waals surface area contributed by atoms with Crippen molar-refractivity contribution in [1.29, 1.82) is 0 Å². The topological polar surface area (TPSA) is 37.3 Å². The molecule has 0 aromatic rings. The van der Waals surface area contributed by atoms with Gasteiger partial charge in [0.05, 0.1) is 6.10 Å². The van der Waals surface area contributed by atoms with E-state index >= 15 is 0 Å². The van der Waals surface area contributed by atoms with E-state index in [1.54, 1.807) is 0 Å². The SMILES string of the molecule is CC(O)CCC(C)CCCC(C)CCC=O. The molecule has 0 saturated carbocycles. The van der Waals surface area contributed by atoms with Crippen molar-refractivity contribution in [1.82, 2.24) is 0 Å². The van der Waals surface area contributed by atoms with Gasteiger partial charge in [0, 0.05) is 6.42 Å². The van der Waals surface area contributed by atoms with Gasteiger partial charge in [-0.1, -0.05) is 33.1 Å². The summed E-state index contributed by atoms with van der Waals surface area (Å²) >= 11 is 0. The molecular formula is C14H28O2. The molecule has 0 rings (SSSR count). The van der Waals surface area contributed by atoms with E-state index in [2.05, 4.69) is 13.8 Å². The molecule has 0 saturated heterocycles. The first-order chi connectivity index (χ1) is 7.56. The number of aldehydes is 1. The highest BCUT2D eigenvalue weighted by Crippen LogP contribution is 2.19. The highest BCUT2D eigenvalue weighted by atomic mass is 16.3. The van der Waals surface area contributed by atoms with Gasteiger partial charge in [0.15, 0.2) is 0 Å². The summed E-state index contributed by atoms with van der Waals surface area (Å²) in [6.45, 7) is 6.34. The number of aliphatic hydroxyl groups excluding tert-OH is 1. The monoisotopic (exact) mass is 228 g/mol. The molecule has 0 bridgehead atoms. The zero-order chi connectivity index (χ0) is 12.4. The standard InChI is InChI=1S/C14H28O2/c1-12(8-5-11-15)6-4-7-13(2)9-10-14(3)16/h11-14,16H,4-10H2,1-3H3. The van der Waals surface area contributed by atoms with Crippen molar-refractivity contribution in [2.45, 2.75) is 71.8 Å². The van der Waals surface area contributed by atoms with Crippen LogP contribution in [0.3, 0.4) is 0 Å². The molecule has 0 aliphatic heterocycles. The van der Waals surface area contributed by atoms with Crippen LogP contribution in [0.1, 0.15) is 65.7 Å². The molecule has 0 heterocycles. The Morgan fingerprint density at radius 3 is 2.00 bits per heavy atom. The van der Waals surface area contributed by atoms with Crippen molar-refractivity contribution in [3.8, 4) is 0 Å². The maximum Gasteiger partial charge on any atom is 0.120 e. The molecule has 16 heavy (non-hydrogen) atoms. The van der Waals surface area contributed by atoms with Crippen LogP contribution in [0.4, 0.5) is 0 Å². The number of aliphatic hydroxyl groups is 1. The van der Waals surface area contributed by atoms with Crippen LogP contribution in [0.15, 0.2) is 0 Å². The Balaban J connectivity index is 3.38. The minimum Gasteiger partial charge on any atom is -0.393 e. The van der Waals surface area contributed by atoms with E-state index in [0.717, 1.165) is 25.5 Å². The Hall–Kier alpha value is -0.370. The average molecular weight is 228 g/mol. The van der Waals surface area contributed by atoms with E-state index in [4.69, 9.17) is 0 Å². The van der Waals surface area contributed by atoms with Crippen molar-refractivity contribution >= 4 is 6.29 Å². The maximum absolute atomic E-state index is 10.2. The molecule has 2 heteroatoms. The quantitative estimate of drug-likeness (QED) is 0.580. The van der Waals surface area contributed by atoms with E-state index < -0.39 is 0 Å². The molecule has 0 aliphatic rings. The van der Waals surface area contributed by atoms with E-state index in [-0.39, 0.29) is 6.10 Å². The largest absolute Gasteiger partial charge is 0.393 e. The lowest BCUT2D eigenvalue weighted by atomic mass is 9.93. The highest BCUT2D eigenvalue weighted by molar-refractivity contribution is 5.49. The fourth-order valence-electron chi connectivity index (χ4n) is 1.98. The molecule has 0 radical (unpaired) electrons. The van der Waals surface area contributed by atoms with Crippen LogP contribution in [0.25, 0.3) is 0 Å². The van der Waals surface area contributed by atoms with E-state index in [1.807, 2.05) is 6.92 Å². The van der Waals surface area contributed by atoms with Crippen LogP contribution < -0.4 is 0 Å². The lowest BCUT2D eigenvalue weighted by molar-refractivity contribution is -0.108. The van der Waals surface area contributed by atoms with Gasteiger partial charge in [-0.25, -0.2) is 0 Å². The molecule has 2 nitrogen and oxygen atoms in total. The molecule has 0 aliphatic carbocycles. The van der Waals surface area contributed by atoms with Crippen LogP contribution in [0.2, 0.25) is 0 Å². The van der Waals surface area contributed by atoms with E-state index in [0.29, 0.717) is 18.3 Å². The van der Waals surface area contributed by atoms with Gasteiger partial charge in [0.2, 0.25) is 0 Å². The number of hydrogen-bond acceptors (Lipinski definition) is 2. The molecule has 0 spiro atoms. The molecule has 3 unspecified atom stereocenters. The van der Waals surface area contributed by atoms with E-state index in [9.17, 15) is 9.90 Å². The molecule has 0 fully saturated rings. The average Bonchev–Trinajstić information content (AvgIpc) is 2.23. The third-order valence-corrected chi connectivity index (χ3v) is 3.25. The number of carbonyl (C=O) groups is 1. The molecule has 0 aromatic carbocycles. The number of carbonyl (C=O) groups excluding carboxylic acids is 1. The molecular weight excluding hydrogens is 200 g/mol. The van der Waals surface area contributed by atoms with Crippen LogP contribution in [-0.4, -0.2) is 17.5 Å². The Kier molecular flexibility index (Phi) is 9.60. The summed E-state index contributed by atoms with van der Waals surface area (Å²) in [6.07, 6.45) is 8.37. The van der Waals surface area contributed by atoms with Gasteiger partial charge in [0.25, 0.3) is 0 Å². The summed E-state index contributed by atoms with van der Waals surface area (Å²) in [5, 5.41) is 9.18. The second kappa shape index (κ2) is 9.83. The fraction of sp³-hybridized carbons (Fsp3) is 0.929. The molecule has 3 atom stereocenters. The minimum atomic E-state index is -0.158. The van der Waals surface area contributed by atoms with Crippen molar-refractivity contribution in [2.75, 3.05) is 0 Å².